The fourth-order valence-electron chi connectivity index (χ4n) is 5.25. The number of allylic oxidation sites excluding steroid dienone is 5. The molecule has 0 saturated carbocycles. The molecule has 2 aliphatic carbocycles. The Labute approximate surface area is 189 Å². The van der Waals surface area contributed by atoms with Gasteiger partial charge in [0.1, 0.15) is 0 Å². The van der Waals surface area contributed by atoms with Crippen LogP contribution < -0.4 is 4.74 Å². The summed E-state index contributed by atoms with van der Waals surface area (Å²) in [6.45, 7) is 14.7. The molecular formula is C27H32OSiZr. The van der Waals surface area contributed by atoms with E-state index >= 15 is 0 Å². The molecule has 0 aliphatic heterocycles. The molecular weight excluding hydrogens is 460 g/mol. The van der Waals surface area contributed by atoms with Crippen molar-refractivity contribution in [1.29, 1.82) is 0 Å². The Morgan fingerprint density at radius 2 is 1.53 bits per heavy atom. The van der Waals surface area contributed by atoms with E-state index < -0.39 is 20.4 Å². The van der Waals surface area contributed by atoms with E-state index in [4.69, 9.17) is 4.74 Å². The van der Waals surface area contributed by atoms with Gasteiger partial charge in [0.25, 0.3) is 0 Å². The van der Waals surface area contributed by atoms with Crippen molar-refractivity contribution in [3.05, 3.63) is 93.6 Å². The third kappa shape index (κ3) is 3.59. The zero-order valence-electron chi connectivity index (χ0n) is 19.3. The monoisotopic (exact) mass is 490 g/mol. The Hall–Kier alpha value is -1.44. The van der Waals surface area contributed by atoms with Crippen LogP contribution in [0.15, 0.2) is 76.9 Å². The number of rotatable bonds is 4. The maximum absolute atomic E-state index is 5.53. The number of methoxy groups -OCH3 is 1. The topological polar surface area (TPSA) is 9.23 Å². The Kier molecular flexibility index (Phi) is 6.24. The van der Waals surface area contributed by atoms with Crippen LogP contribution >= 0.6 is 0 Å². The first-order valence-corrected chi connectivity index (χ1v) is 19.9. The number of fused-ring (bicyclic) bond motifs is 1. The van der Waals surface area contributed by atoms with Crippen molar-refractivity contribution >= 4 is 11.0 Å². The van der Waals surface area contributed by atoms with Gasteiger partial charge in [-0.1, -0.05) is 0 Å². The van der Waals surface area contributed by atoms with E-state index in [2.05, 4.69) is 89.3 Å². The van der Waals surface area contributed by atoms with Crippen LogP contribution in [0.3, 0.4) is 0 Å². The number of hydrogen-bond donors (Lipinski definition) is 0. The third-order valence-electron chi connectivity index (χ3n) is 7.14. The van der Waals surface area contributed by atoms with Crippen molar-refractivity contribution in [3.8, 4) is 5.75 Å². The fourth-order valence-corrected chi connectivity index (χ4v) is 25.8. The molecule has 0 fully saturated rings. The van der Waals surface area contributed by atoms with Crippen molar-refractivity contribution < 1.29 is 25.1 Å². The molecule has 2 aromatic carbocycles. The van der Waals surface area contributed by atoms with E-state index in [1.54, 1.807) is 35.0 Å². The predicted molar refractivity (Wildman–Crippen MR) is 127 cm³/mol. The van der Waals surface area contributed by atoms with Crippen LogP contribution in [-0.4, -0.2) is 12.5 Å². The SMILES string of the molecule is COc1cccc(C2=C[CH]([Zr]([CH]3C(C)=C(C)C(C)=C3C)=[Si](C)C)c3ccccc32)c1. The molecule has 0 radical (unpaired) electrons. The summed E-state index contributed by atoms with van der Waals surface area (Å²) in [6, 6.07) is 17.7. The van der Waals surface area contributed by atoms with Crippen LogP contribution in [0.1, 0.15) is 48.0 Å². The maximum atomic E-state index is 5.53. The number of ether oxygens (including phenoxy) is 1. The fraction of sp³-hybridized carbons (Fsp3) is 0.333. The van der Waals surface area contributed by atoms with Crippen molar-refractivity contribution in [2.45, 2.75) is 48.0 Å². The molecule has 0 bridgehead atoms. The van der Waals surface area contributed by atoms with Crippen LogP contribution in [0.5, 0.6) is 5.75 Å². The molecule has 1 nitrogen and oxygen atoms in total. The minimum atomic E-state index is -1.89. The molecule has 30 heavy (non-hydrogen) atoms. The summed E-state index contributed by atoms with van der Waals surface area (Å²) in [7, 11) is 1.75. The summed E-state index contributed by atoms with van der Waals surface area (Å²) in [5.41, 5.74) is 11.8. The summed E-state index contributed by atoms with van der Waals surface area (Å²) in [6.07, 6.45) is 2.65. The first-order valence-electron chi connectivity index (χ1n) is 10.8. The normalized spacial score (nSPS) is 18.6. The molecule has 2 aromatic rings. The second-order valence-electron chi connectivity index (χ2n) is 8.88. The molecule has 154 valence electrons. The molecule has 1 atom stereocenters. The van der Waals surface area contributed by atoms with E-state index in [0.29, 0.717) is 3.63 Å². The Bertz CT molecular complexity index is 1120. The predicted octanol–water partition coefficient (Wildman–Crippen LogP) is 7.53. The zero-order chi connectivity index (χ0) is 21.6. The summed E-state index contributed by atoms with van der Waals surface area (Å²) in [4.78, 5) is 0. The molecule has 0 aromatic heterocycles. The molecule has 0 amide bonds. The molecule has 0 heterocycles. The third-order valence-corrected chi connectivity index (χ3v) is 26.8. The van der Waals surface area contributed by atoms with E-state index in [0.717, 1.165) is 9.38 Å². The average molecular weight is 492 g/mol. The van der Waals surface area contributed by atoms with Crippen molar-refractivity contribution in [2.75, 3.05) is 7.11 Å². The van der Waals surface area contributed by atoms with Gasteiger partial charge in [0.15, 0.2) is 0 Å². The molecule has 3 heteroatoms. The summed E-state index contributed by atoms with van der Waals surface area (Å²) in [5, 5.41) is 0. The first kappa shape index (κ1) is 21.8. The standard InChI is InChI=1S/C16H13O.C9H13.C2H6Si.Zr/c1-17-14-7-4-6-13(11-14)16-10-9-12-5-2-3-8-15(12)16;1-6-5-7(2)9(4)8(6)3;1-3-2;/h2-11H,1H3;5H,1-4H3;1-2H3;. The van der Waals surface area contributed by atoms with E-state index in [1.165, 1.54) is 16.7 Å². The molecule has 0 saturated heterocycles. The van der Waals surface area contributed by atoms with E-state index in [1.807, 2.05) is 6.07 Å². The molecule has 0 spiro atoms. The van der Waals surface area contributed by atoms with Gasteiger partial charge in [0.2, 0.25) is 0 Å². The van der Waals surface area contributed by atoms with Crippen molar-refractivity contribution in [3.63, 3.8) is 0 Å². The van der Waals surface area contributed by atoms with Gasteiger partial charge in [0, 0.05) is 0 Å². The van der Waals surface area contributed by atoms with Gasteiger partial charge in [-0.2, -0.15) is 0 Å². The average Bonchev–Trinajstić information content (AvgIpc) is 3.22. The second-order valence-corrected chi connectivity index (χ2v) is 26.9. The Morgan fingerprint density at radius 1 is 0.867 bits per heavy atom. The zero-order valence-corrected chi connectivity index (χ0v) is 22.7. The van der Waals surface area contributed by atoms with Crippen LogP contribution in [0.2, 0.25) is 16.7 Å². The van der Waals surface area contributed by atoms with Gasteiger partial charge >= 0.3 is 191 Å². The minimum absolute atomic E-state index is 0.350. The molecule has 0 N–H and O–H groups in total. The van der Waals surface area contributed by atoms with Gasteiger partial charge in [-0.3, -0.25) is 0 Å². The summed E-state index contributed by atoms with van der Waals surface area (Å²) in [5.74, 6) is 0.934. The summed E-state index contributed by atoms with van der Waals surface area (Å²) >= 11 is -1.89. The van der Waals surface area contributed by atoms with Crippen LogP contribution in [0.4, 0.5) is 0 Å². The molecule has 4 rings (SSSR count). The van der Waals surface area contributed by atoms with Gasteiger partial charge in [-0.25, -0.2) is 0 Å². The number of benzene rings is 2. The van der Waals surface area contributed by atoms with Gasteiger partial charge < -0.3 is 0 Å². The van der Waals surface area contributed by atoms with Crippen molar-refractivity contribution in [2.24, 2.45) is 0 Å². The van der Waals surface area contributed by atoms with Gasteiger partial charge in [-0.15, -0.1) is 0 Å². The van der Waals surface area contributed by atoms with Gasteiger partial charge in [0.05, 0.1) is 0 Å². The Morgan fingerprint density at radius 3 is 2.17 bits per heavy atom. The van der Waals surface area contributed by atoms with Crippen LogP contribution in [0.25, 0.3) is 5.57 Å². The quantitative estimate of drug-likeness (QED) is 0.402. The molecule has 2 aliphatic rings. The second kappa shape index (κ2) is 8.60. The van der Waals surface area contributed by atoms with E-state index in [-0.39, 0.29) is 5.43 Å². The molecule has 1 unspecified atom stereocenters. The van der Waals surface area contributed by atoms with Gasteiger partial charge in [-0.05, 0) is 0 Å². The Balaban J connectivity index is 1.89. The number of hydrogen-bond acceptors (Lipinski definition) is 1. The van der Waals surface area contributed by atoms with Crippen LogP contribution in [0, 0.1) is 0 Å². The first-order chi connectivity index (χ1) is 14.3. The summed E-state index contributed by atoms with van der Waals surface area (Å²) < 4.78 is 6.94. The van der Waals surface area contributed by atoms with Crippen molar-refractivity contribution in [1.82, 2.24) is 0 Å². The van der Waals surface area contributed by atoms with E-state index in [9.17, 15) is 0 Å². The van der Waals surface area contributed by atoms with Crippen LogP contribution in [-0.2, 0) is 20.4 Å².